The van der Waals surface area contributed by atoms with E-state index < -0.39 is 35.7 Å². The van der Waals surface area contributed by atoms with Gasteiger partial charge < -0.3 is 15.2 Å². The monoisotopic (exact) mass is 406 g/mol. The van der Waals surface area contributed by atoms with E-state index in [1.807, 2.05) is 0 Å². The first-order chi connectivity index (χ1) is 12.8. The maximum atomic E-state index is 13.2. The Morgan fingerprint density at radius 2 is 2.04 bits per heavy atom. The fourth-order valence-electron chi connectivity index (χ4n) is 3.79. The van der Waals surface area contributed by atoms with Crippen LogP contribution in [0, 0.1) is 5.41 Å². The first kappa shape index (κ1) is 17.8. The average Bonchev–Trinajstić information content (AvgIpc) is 3.09. The Morgan fingerprint density at radius 3 is 2.74 bits per heavy atom. The van der Waals surface area contributed by atoms with Crippen LogP contribution in [-0.4, -0.2) is 50.2 Å². The SMILES string of the molecule is O=C(O)CN1C(=O)C[C@@]2(CSc3[nH]c(=O)sc3[C@H]2c2ccccc2O)C1=O. The number of benzene rings is 1. The van der Waals surface area contributed by atoms with Gasteiger partial charge in [0.1, 0.15) is 12.3 Å². The summed E-state index contributed by atoms with van der Waals surface area (Å²) in [4.78, 5) is 52.5. The van der Waals surface area contributed by atoms with Crippen molar-refractivity contribution >= 4 is 40.9 Å². The number of nitrogens with one attached hydrogen (secondary N) is 1. The normalized spacial score (nSPS) is 24.4. The number of phenols is 1. The van der Waals surface area contributed by atoms with Crippen molar-refractivity contribution in [3.8, 4) is 5.75 Å². The lowest BCUT2D eigenvalue weighted by Gasteiger charge is -2.38. The predicted octanol–water partition coefficient (Wildman–Crippen LogP) is 1.21. The second-order valence-corrected chi connectivity index (χ2v) is 8.50. The number of carboxylic acids is 1. The zero-order valence-corrected chi connectivity index (χ0v) is 15.4. The second-order valence-electron chi connectivity index (χ2n) is 6.50. The highest BCUT2D eigenvalue weighted by molar-refractivity contribution is 7.99. The van der Waals surface area contributed by atoms with Crippen molar-refractivity contribution in [2.75, 3.05) is 12.3 Å². The molecule has 10 heteroatoms. The second kappa shape index (κ2) is 6.24. The maximum absolute atomic E-state index is 13.2. The van der Waals surface area contributed by atoms with Gasteiger partial charge in [0.2, 0.25) is 11.8 Å². The number of imide groups is 1. The number of rotatable bonds is 3. The lowest BCUT2D eigenvalue weighted by atomic mass is 9.70. The number of hydrogen-bond donors (Lipinski definition) is 3. The van der Waals surface area contributed by atoms with Gasteiger partial charge in [0.05, 0.1) is 10.4 Å². The number of hydrogen-bond acceptors (Lipinski definition) is 7. The van der Waals surface area contributed by atoms with Gasteiger partial charge in [0, 0.05) is 28.5 Å². The van der Waals surface area contributed by atoms with Gasteiger partial charge in [-0.15, -0.1) is 11.8 Å². The van der Waals surface area contributed by atoms with Crippen molar-refractivity contribution in [1.29, 1.82) is 0 Å². The van der Waals surface area contributed by atoms with E-state index in [9.17, 15) is 24.3 Å². The summed E-state index contributed by atoms with van der Waals surface area (Å²) in [7, 11) is 0. The van der Waals surface area contributed by atoms with E-state index in [2.05, 4.69) is 4.98 Å². The van der Waals surface area contributed by atoms with Crippen LogP contribution in [0.5, 0.6) is 5.75 Å². The quantitative estimate of drug-likeness (QED) is 0.654. The molecule has 1 saturated heterocycles. The summed E-state index contributed by atoms with van der Waals surface area (Å²) in [5, 5.41) is 20.1. The molecule has 140 valence electrons. The summed E-state index contributed by atoms with van der Waals surface area (Å²) in [5.74, 6) is -2.97. The Morgan fingerprint density at radius 1 is 1.30 bits per heavy atom. The summed E-state index contributed by atoms with van der Waals surface area (Å²) >= 11 is 2.20. The number of H-pyrrole nitrogens is 1. The van der Waals surface area contributed by atoms with Crippen LogP contribution >= 0.6 is 23.1 Å². The maximum Gasteiger partial charge on any atom is 0.323 e. The number of amides is 2. The minimum Gasteiger partial charge on any atom is -0.508 e. The summed E-state index contributed by atoms with van der Waals surface area (Å²) < 4.78 is 0. The Balaban J connectivity index is 1.91. The highest BCUT2D eigenvalue weighted by Crippen LogP contribution is 2.57. The van der Waals surface area contributed by atoms with E-state index in [0.29, 0.717) is 15.5 Å². The molecule has 0 aliphatic carbocycles. The number of phenolic OH excluding ortho intramolecular Hbond substituents is 1. The molecule has 1 fully saturated rings. The number of thiazole rings is 1. The van der Waals surface area contributed by atoms with Crippen LogP contribution in [0.3, 0.4) is 0 Å². The van der Waals surface area contributed by atoms with Crippen LogP contribution in [0.4, 0.5) is 0 Å². The van der Waals surface area contributed by atoms with Gasteiger partial charge in [-0.05, 0) is 6.07 Å². The molecule has 1 aromatic carbocycles. The van der Waals surface area contributed by atoms with Crippen LogP contribution < -0.4 is 4.87 Å². The highest BCUT2D eigenvalue weighted by atomic mass is 32.2. The molecule has 2 atom stereocenters. The fourth-order valence-corrected chi connectivity index (χ4v) is 6.34. The minimum atomic E-state index is -1.27. The minimum absolute atomic E-state index is 0.0440. The summed E-state index contributed by atoms with van der Waals surface area (Å²) in [5.41, 5.74) is -0.804. The number of likely N-dealkylation sites (tertiary alicyclic amines) is 1. The molecule has 2 amide bonds. The van der Waals surface area contributed by atoms with Crippen molar-refractivity contribution in [3.05, 3.63) is 44.4 Å². The molecule has 1 spiro atoms. The molecule has 4 rings (SSSR count). The molecular formula is C17H14N2O6S2. The standard InChI is InChI=1S/C17H14N2O6S2/c20-9-4-2-1-3-8(9)12-13-14(18-16(25)27-13)26-7-17(12)5-10(21)19(15(17)24)6-11(22)23/h1-4,12,20H,5-7H2,(H,18,25)(H,22,23)/t12-,17+/m1/s1. The van der Waals surface area contributed by atoms with E-state index >= 15 is 0 Å². The lowest BCUT2D eigenvalue weighted by molar-refractivity contribution is -0.150. The summed E-state index contributed by atoms with van der Waals surface area (Å²) in [6.45, 7) is -0.701. The molecule has 0 radical (unpaired) electrons. The number of aromatic amines is 1. The molecule has 1 aromatic heterocycles. The molecule has 0 saturated carbocycles. The summed E-state index contributed by atoms with van der Waals surface area (Å²) in [6, 6.07) is 6.48. The predicted molar refractivity (Wildman–Crippen MR) is 97.0 cm³/mol. The van der Waals surface area contributed by atoms with Crippen molar-refractivity contribution < 1.29 is 24.6 Å². The Kier molecular flexibility index (Phi) is 4.11. The topological polar surface area (TPSA) is 128 Å². The molecule has 2 aromatic rings. The molecule has 3 N–H and O–H groups in total. The number of nitrogens with zero attached hydrogens (tertiary/aromatic N) is 1. The van der Waals surface area contributed by atoms with E-state index in [1.54, 1.807) is 18.2 Å². The zero-order valence-electron chi connectivity index (χ0n) is 13.8. The number of aliphatic carboxylic acids is 1. The molecule has 3 heterocycles. The third-order valence-electron chi connectivity index (χ3n) is 4.91. The third-order valence-corrected chi connectivity index (χ3v) is 7.26. The number of aromatic nitrogens is 1. The van der Waals surface area contributed by atoms with E-state index in [0.717, 1.165) is 16.2 Å². The number of fused-ring (bicyclic) bond motifs is 1. The molecule has 27 heavy (non-hydrogen) atoms. The number of thioether (sulfide) groups is 1. The van der Waals surface area contributed by atoms with Gasteiger partial charge in [-0.25, -0.2) is 0 Å². The Hall–Kier alpha value is -2.59. The molecule has 0 unspecified atom stereocenters. The smallest absolute Gasteiger partial charge is 0.323 e. The molecule has 2 aliphatic rings. The van der Waals surface area contributed by atoms with Gasteiger partial charge in [-0.2, -0.15) is 0 Å². The number of para-hydroxylation sites is 1. The molecule has 8 nitrogen and oxygen atoms in total. The van der Waals surface area contributed by atoms with Gasteiger partial charge in [0.25, 0.3) is 0 Å². The number of carbonyl (C=O) groups excluding carboxylic acids is 2. The van der Waals surface area contributed by atoms with Gasteiger partial charge >= 0.3 is 10.8 Å². The van der Waals surface area contributed by atoms with Gasteiger partial charge in [-0.3, -0.25) is 24.1 Å². The largest absolute Gasteiger partial charge is 0.508 e. The Labute approximate surface area is 160 Å². The highest BCUT2D eigenvalue weighted by Gasteiger charge is 2.60. The summed E-state index contributed by atoms with van der Waals surface area (Å²) in [6.07, 6.45) is -0.170. The van der Waals surface area contributed by atoms with E-state index in [1.165, 1.54) is 17.8 Å². The van der Waals surface area contributed by atoms with Crippen LogP contribution in [-0.2, 0) is 14.4 Å². The van der Waals surface area contributed by atoms with Crippen molar-refractivity contribution in [3.63, 3.8) is 0 Å². The number of carbonyl (C=O) groups is 3. The number of aromatic hydroxyl groups is 1. The molecule has 2 aliphatic heterocycles. The first-order valence-corrected chi connectivity index (χ1v) is 9.84. The average molecular weight is 406 g/mol. The van der Waals surface area contributed by atoms with Crippen LogP contribution in [0.1, 0.15) is 22.8 Å². The van der Waals surface area contributed by atoms with Gasteiger partial charge in [0.15, 0.2) is 0 Å². The Bertz CT molecular complexity index is 1030. The van der Waals surface area contributed by atoms with Crippen LogP contribution in [0.15, 0.2) is 34.1 Å². The van der Waals surface area contributed by atoms with E-state index in [-0.39, 0.29) is 22.8 Å². The van der Waals surface area contributed by atoms with Gasteiger partial charge in [-0.1, -0.05) is 29.5 Å². The zero-order chi connectivity index (χ0) is 19.3. The molecular weight excluding hydrogens is 392 g/mol. The first-order valence-electron chi connectivity index (χ1n) is 8.04. The van der Waals surface area contributed by atoms with E-state index in [4.69, 9.17) is 5.11 Å². The van der Waals surface area contributed by atoms with Crippen molar-refractivity contribution in [2.24, 2.45) is 5.41 Å². The lowest BCUT2D eigenvalue weighted by Crippen LogP contribution is -2.44. The number of carboxylic acid groups (broad SMARTS) is 1. The van der Waals surface area contributed by atoms with Crippen LogP contribution in [0.2, 0.25) is 0 Å². The van der Waals surface area contributed by atoms with Crippen LogP contribution in [0.25, 0.3) is 0 Å². The van der Waals surface area contributed by atoms with Crippen molar-refractivity contribution in [1.82, 2.24) is 9.88 Å². The molecule has 0 bridgehead atoms. The van der Waals surface area contributed by atoms with Crippen molar-refractivity contribution in [2.45, 2.75) is 17.4 Å². The third kappa shape index (κ3) is 2.67. The fraction of sp³-hybridized carbons (Fsp3) is 0.294.